The summed E-state index contributed by atoms with van der Waals surface area (Å²) in [5.74, 6) is 0. The van der Waals surface area contributed by atoms with Crippen molar-refractivity contribution in [2.45, 2.75) is 0 Å². The molecule has 0 aliphatic carbocycles. The molecule has 12 heteroatoms. The standard InChI is InChI=1S/K.2H2O4S.Zr.H/c;2*1-5(2,3)4;;/h;2*(H2,1,2,3,4);;/q+1;;;;-1. The van der Waals surface area contributed by atoms with Gasteiger partial charge in [0.2, 0.25) is 0 Å². The van der Waals surface area contributed by atoms with Crippen molar-refractivity contribution in [3.8, 4) is 0 Å². The predicted molar refractivity (Wildman–Crippen MR) is 29.5 cm³/mol. The van der Waals surface area contributed by atoms with Gasteiger partial charge >= 0.3 is 72.2 Å². The van der Waals surface area contributed by atoms with Gasteiger partial charge in [0.05, 0.1) is 0 Å². The van der Waals surface area contributed by atoms with Crippen LogP contribution in [0.4, 0.5) is 0 Å². The van der Waals surface area contributed by atoms with Crippen LogP contribution in [-0.4, -0.2) is 35.0 Å². The van der Waals surface area contributed by atoms with Crippen molar-refractivity contribution in [3.05, 3.63) is 0 Å². The molecule has 0 rings (SSSR count). The molecule has 0 atom stereocenters. The van der Waals surface area contributed by atoms with E-state index >= 15 is 0 Å². The quantitative estimate of drug-likeness (QED) is 0.258. The van der Waals surface area contributed by atoms with Crippen molar-refractivity contribution < 1.29 is 114 Å². The summed E-state index contributed by atoms with van der Waals surface area (Å²) < 4.78 is 63.2. The zero-order valence-corrected chi connectivity index (χ0v) is 13.0. The van der Waals surface area contributed by atoms with Gasteiger partial charge in [-0.15, -0.1) is 0 Å². The third kappa shape index (κ3) is 304. The molecule has 0 aromatic heterocycles. The smallest absolute Gasteiger partial charge is 1.00 e. The second-order valence-corrected chi connectivity index (χ2v) is 2.69. The summed E-state index contributed by atoms with van der Waals surface area (Å²) in [6.45, 7) is 0. The Balaban J connectivity index is -0.0000000267. The molecule has 0 saturated heterocycles. The first kappa shape index (κ1) is 23.8. The van der Waals surface area contributed by atoms with E-state index in [1.807, 2.05) is 0 Å². The zero-order chi connectivity index (χ0) is 9.00. The van der Waals surface area contributed by atoms with Crippen LogP contribution in [0.1, 0.15) is 1.43 Å². The topological polar surface area (TPSA) is 149 Å². The van der Waals surface area contributed by atoms with E-state index in [1.165, 1.54) is 0 Å². The maximum atomic E-state index is 8.74. The first-order valence-electron chi connectivity index (χ1n) is 1.40. The summed E-state index contributed by atoms with van der Waals surface area (Å²) in [6, 6.07) is 0. The molecule has 0 saturated carbocycles. The summed E-state index contributed by atoms with van der Waals surface area (Å²) in [5.41, 5.74) is 0. The van der Waals surface area contributed by atoms with Crippen molar-refractivity contribution in [3.63, 3.8) is 0 Å². The Kier molecular flexibility index (Phi) is 19.5. The molecule has 0 fully saturated rings. The van der Waals surface area contributed by atoms with E-state index in [2.05, 4.69) is 0 Å². The van der Waals surface area contributed by atoms with Gasteiger partial charge in [0.1, 0.15) is 0 Å². The molecule has 8 nitrogen and oxygen atoms in total. The molecule has 0 bridgehead atoms. The van der Waals surface area contributed by atoms with Crippen LogP contribution in [0.2, 0.25) is 0 Å². The van der Waals surface area contributed by atoms with Crippen LogP contribution < -0.4 is 51.4 Å². The van der Waals surface area contributed by atoms with Crippen LogP contribution in [0.15, 0.2) is 0 Å². The summed E-state index contributed by atoms with van der Waals surface area (Å²) >= 11 is 0. The maximum absolute atomic E-state index is 8.74. The average Bonchev–Trinajstić information content (AvgIpc) is 1.12. The molecule has 0 spiro atoms. The molecule has 0 aliphatic rings. The van der Waals surface area contributed by atoms with E-state index in [4.69, 9.17) is 35.0 Å². The largest absolute Gasteiger partial charge is 1.00 e. The number of rotatable bonds is 0. The zero-order valence-electron chi connectivity index (χ0n) is 6.74. The first-order valence-corrected chi connectivity index (χ1v) is 4.19. The van der Waals surface area contributed by atoms with Gasteiger partial charge in [0.15, 0.2) is 0 Å². The Bertz CT molecular complexity index is 219. The molecular formula is H5KO8S2Zr. The average molecular weight is 327 g/mol. The fourth-order valence-electron chi connectivity index (χ4n) is 0. The van der Waals surface area contributed by atoms with Gasteiger partial charge in [0, 0.05) is 26.2 Å². The summed E-state index contributed by atoms with van der Waals surface area (Å²) in [4.78, 5) is 0. The van der Waals surface area contributed by atoms with E-state index in [1.54, 1.807) is 0 Å². The summed E-state index contributed by atoms with van der Waals surface area (Å²) in [7, 11) is -9.33. The molecular weight excluding hydrogens is 322 g/mol. The van der Waals surface area contributed by atoms with Gasteiger partial charge < -0.3 is 1.43 Å². The van der Waals surface area contributed by atoms with Gasteiger partial charge in [-0.05, 0) is 0 Å². The SMILES string of the molecule is O=S(=O)(O)O.O=S(=O)(O)O.[H-].[K+].[Zr]. The van der Waals surface area contributed by atoms with Crippen molar-refractivity contribution in [1.82, 2.24) is 0 Å². The van der Waals surface area contributed by atoms with E-state index in [9.17, 15) is 0 Å². The predicted octanol–water partition coefficient (Wildman–Crippen LogP) is -4.19. The van der Waals surface area contributed by atoms with Crippen LogP contribution in [0, 0.1) is 0 Å². The molecule has 0 heterocycles. The molecule has 0 aromatic carbocycles. The van der Waals surface area contributed by atoms with E-state index in [0.29, 0.717) is 0 Å². The maximum Gasteiger partial charge on any atom is 1.00 e. The third-order valence-electron chi connectivity index (χ3n) is 0. The molecule has 0 aliphatic heterocycles. The van der Waals surface area contributed by atoms with Gasteiger partial charge in [-0.1, -0.05) is 0 Å². The minimum absolute atomic E-state index is 0. The van der Waals surface area contributed by atoms with Crippen LogP contribution in [0.5, 0.6) is 0 Å². The van der Waals surface area contributed by atoms with Gasteiger partial charge in [0.25, 0.3) is 0 Å². The van der Waals surface area contributed by atoms with E-state index in [-0.39, 0.29) is 79.0 Å². The second kappa shape index (κ2) is 9.80. The molecule has 12 heavy (non-hydrogen) atoms. The Morgan fingerprint density at radius 2 is 0.750 bits per heavy atom. The Morgan fingerprint density at radius 1 is 0.750 bits per heavy atom. The van der Waals surface area contributed by atoms with Crippen molar-refractivity contribution in [1.29, 1.82) is 0 Å². The van der Waals surface area contributed by atoms with Gasteiger partial charge in [-0.25, -0.2) is 0 Å². The Labute approximate surface area is 132 Å². The minimum Gasteiger partial charge on any atom is -1.00 e. The Hall–Kier alpha value is 2.26. The fourth-order valence-corrected chi connectivity index (χ4v) is 0. The normalized spacial score (nSPS) is 9.67. The van der Waals surface area contributed by atoms with E-state index < -0.39 is 20.8 Å². The van der Waals surface area contributed by atoms with Crippen molar-refractivity contribution in [2.75, 3.05) is 0 Å². The second-order valence-electron chi connectivity index (χ2n) is 0.896. The van der Waals surface area contributed by atoms with Gasteiger partial charge in [-0.2, -0.15) is 16.8 Å². The van der Waals surface area contributed by atoms with Gasteiger partial charge in [-0.3, -0.25) is 18.2 Å². The summed E-state index contributed by atoms with van der Waals surface area (Å²) in [5, 5.41) is 0. The Morgan fingerprint density at radius 3 is 0.750 bits per heavy atom. The molecule has 4 N–H and O–H groups in total. The van der Waals surface area contributed by atoms with Crippen LogP contribution in [0.3, 0.4) is 0 Å². The van der Waals surface area contributed by atoms with Crippen molar-refractivity contribution >= 4 is 20.8 Å². The molecule has 70 valence electrons. The summed E-state index contributed by atoms with van der Waals surface area (Å²) in [6.07, 6.45) is 0. The fraction of sp³-hybridized carbons (Fsp3) is 0. The monoisotopic (exact) mass is 326 g/mol. The molecule has 0 amide bonds. The molecule has 0 radical (unpaired) electrons. The van der Waals surface area contributed by atoms with Crippen LogP contribution >= 0.6 is 0 Å². The van der Waals surface area contributed by atoms with Crippen molar-refractivity contribution in [2.24, 2.45) is 0 Å². The number of hydrogen-bond donors (Lipinski definition) is 4. The number of hydrogen-bond acceptors (Lipinski definition) is 4. The van der Waals surface area contributed by atoms with Crippen LogP contribution in [-0.2, 0) is 47.0 Å². The van der Waals surface area contributed by atoms with E-state index in [0.717, 1.165) is 0 Å². The first-order chi connectivity index (χ1) is 4.00. The molecule has 0 aromatic rings. The minimum atomic E-state index is -4.67. The third-order valence-corrected chi connectivity index (χ3v) is 0. The molecule has 0 unspecified atom stereocenters. The van der Waals surface area contributed by atoms with Crippen LogP contribution in [0.25, 0.3) is 0 Å².